The van der Waals surface area contributed by atoms with E-state index in [4.69, 9.17) is 4.42 Å². The number of aliphatic imine (C=N–C) groups is 1. The standard InChI is InChI=1S/C15H20N4O.HI/c1-2-16-15(19-12-14-7-5-11-20-14)18-10-8-13-6-3-4-9-17-13;/h3-7,9,11H,2,8,10,12H2,1H3,(H2,16,18,19);1H. The van der Waals surface area contributed by atoms with E-state index in [0.717, 1.165) is 36.9 Å². The molecule has 0 aliphatic carbocycles. The van der Waals surface area contributed by atoms with Gasteiger partial charge in [-0.25, -0.2) is 4.99 Å². The molecule has 0 aromatic carbocycles. The van der Waals surface area contributed by atoms with Gasteiger partial charge in [-0.15, -0.1) is 24.0 Å². The average Bonchev–Trinajstić information content (AvgIpc) is 2.99. The van der Waals surface area contributed by atoms with Gasteiger partial charge in [0.1, 0.15) is 12.3 Å². The van der Waals surface area contributed by atoms with Gasteiger partial charge in [0, 0.05) is 31.4 Å². The summed E-state index contributed by atoms with van der Waals surface area (Å²) in [6.07, 6.45) is 4.34. The Labute approximate surface area is 142 Å². The second-order valence-corrected chi connectivity index (χ2v) is 4.27. The van der Waals surface area contributed by atoms with Crippen molar-refractivity contribution in [1.29, 1.82) is 0 Å². The lowest BCUT2D eigenvalue weighted by molar-refractivity contribution is 0.512. The van der Waals surface area contributed by atoms with Crippen LogP contribution in [0.15, 0.2) is 52.2 Å². The minimum atomic E-state index is 0. The molecular weight excluding hydrogens is 379 g/mol. The normalized spacial score (nSPS) is 10.8. The van der Waals surface area contributed by atoms with E-state index in [-0.39, 0.29) is 24.0 Å². The second kappa shape index (κ2) is 10.2. The Morgan fingerprint density at radius 2 is 2.14 bits per heavy atom. The molecule has 0 aliphatic rings. The molecule has 0 radical (unpaired) electrons. The Bertz CT molecular complexity index is 514. The van der Waals surface area contributed by atoms with Crippen LogP contribution in [0.5, 0.6) is 0 Å². The number of furan rings is 1. The molecular formula is C15H21IN4O. The molecule has 0 spiro atoms. The summed E-state index contributed by atoms with van der Waals surface area (Å²) in [6, 6.07) is 9.73. The summed E-state index contributed by atoms with van der Waals surface area (Å²) in [6.45, 7) is 4.20. The van der Waals surface area contributed by atoms with Crippen molar-refractivity contribution in [3.63, 3.8) is 0 Å². The highest BCUT2D eigenvalue weighted by molar-refractivity contribution is 14.0. The van der Waals surface area contributed by atoms with Crippen molar-refractivity contribution in [3.8, 4) is 0 Å². The average molecular weight is 400 g/mol. The van der Waals surface area contributed by atoms with Crippen molar-refractivity contribution < 1.29 is 4.42 Å². The van der Waals surface area contributed by atoms with Gasteiger partial charge in [-0.2, -0.15) is 0 Å². The topological polar surface area (TPSA) is 62.5 Å². The highest BCUT2D eigenvalue weighted by Crippen LogP contribution is 2.01. The third-order valence-corrected chi connectivity index (χ3v) is 2.72. The van der Waals surface area contributed by atoms with Gasteiger partial charge < -0.3 is 15.1 Å². The van der Waals surface area contributed by atoms with Gasteiger partial charge >= 0.3 is 0 Å². The summed E-state index contributed by atoms with van der Waals surface area (Å²) in [4.78, 5) is 8.76. The molecule has 0 aliphatic heterocycles. The SMILES string of the molecule is CCNC(=NCc1ccco1)NCCc1ccccn1.I. The molecule has 114 valence electrons. The lowest BCUT2D eigenvalue weighted by Gasteiger charge is -2.10. The highest BCUT2D eigenvalue weighted by Gasteiger charge is 1.99. The molecule has 0 saturated carbocycles. The van der Waals surface area contributed by atoms with Crippen molar-refractivity contribution >= 4 is 29.9 Å². The summed E-state index contributed by atoms with van der Waals surface area (Å²) >= 11 is 0. The number of pyridine rings is 1. The van der Waals surface area contributed by atoms with E-state index in [1.54, 1.807) is 6.26 Å². The molecule has 0 saturated heterocycles. The molecule has 2 aromatic rings. The molecule has 0 fully saturated rings. The quantitative estimate of drug-likeness (QED) is 0.445. The largest absolute Gasteiger partial charge is 0.467 e. The fourth-order valence-electron chi connectivity index (χ4n) is 1.76. The van der Waals surface area contributed by atoms with Crippen LogP contribution >= 0.6 is 24.0 Å². The Morgan fingerprint density at radius 1 is 1.24 bits per heavy atom. The van der Waals surface area contributed by atoms with E-state index < -0.39 is 0 Å². The van der Waals surface area contributed by atoms with Gasteiger partial charge in [0.25, 0.3) is 0 Å². The first-order valence-corrected chi connectivity index (χ1v) is 6.83. The fraction of sp³-hybridized carbons (Fsp3) is 0.333. The molecule has 6 heteroatoms. The summed E-state index contributed by atoms with van der Waals surface area (Å²) in [5.74, 6) is 1.65. The van der Waals surface area contributed by atoms with E-state index in [1.165, 1.54) is 0 Å². The lowest BCUT2D eigenvalue weighted by atomic mass is 10.3. The molecule has 0 unspecified atom stereocenters. The summed E-state index contributed by atoms with van der Waals surface area (Å²) in [7, 11) is 0. The lowest BCUT2D eigenvalue weighted by Crippen LogP contribution is -2.38. The van der Waals surface area contributed by atoms with E-state index in [9.17, 15) is 0 Å². The first kappa shape index (κ1) is 17.5. The Hall–Kier alpha value is -1.57. The zero-order valence-corrected chi connectivity index (χ0v) is 14.4. The fourth-order valence-corrected chi connectivity index (χ4v) is 1.76. The number of nitrogens with zero attached hydrogens (tertiary/aromatic N) is 2. The van der Waals surface area contributed by atoms with Crippen LogP contribution in [-0.4, -0.2) is 24.0 Å². The first-order valence-electron chi connectivity index (χ1n) is 6.83. The number of hydrogen-bond acceptors (Lipinski definition) is 3. The molecule has 2 heterocycles. The van der Waals surface area contributed by atoms with Crippen molar-refractivity contribution in [1.82, 2.24) is 15.6 Å². The second-order valence-electron chi connectivity index (χ2n) is 4.27. The predicted octanol–water partition coefficient (Wildman–Crippen LogP) is 2.59. The van der Waals surface area contributed by atoms with Crippen LogP contribution in [0.1, 0.15) is 18.4 Å². The van der Waals surface area contributed by atoms with Gasteiger partial charge in [-0.3, -0.25) is 4.98 Å². The molecule has 2 N–H and O–H groups in total. The number of nitrogens with one attached hydrogen (secondary N) is 2. The third-order valence-electron chi connectivity index (χ3n) is 2.72. The van der Waals surface area contributed by atoms with Crippen LogP contribution in [0.3, 0.4) is 0 Å². The van der Waals surface area contributed by atoms with Gasteiger partial charge in [-0.05, 0) is 31.2 Å². The van der Waals surface area contributed by atoms with Gasteiger partial charge in [0.15, 0.2) is 5.96 Å². The molecule has 5 nitrogen and oxygen atoms in total. The maximum atomic E-state index is 5.26. The summed E-state index contributed by atoms with van der Waals surface area (Å²) in [5.41, 5.74) is 1.07. The number of rotatable bonds is 6. The van der Waals surface area contributed by atoms with Crippen LogP contribution in [0, 0.1) is 0 Å². The maximum Gasteiger partial charge on any atom is 0.191 e. The van der Waals surface area contributed by atoms with Gasteiger partial charge in [0.05, 0.1) is 6.26 Å². The van der Waals surface area contributed by atoms with Gasteiger partial charge in [-0.1, -0.05) is 6.07 Å². The van der Waals surface area contributed by atoms with Crippen LogP contribution in [0.2, 0.25) is 0 Å². The number of halogens is 1. The molecule has 2 rings (SSSR count). The summed E-state index contributed by atoms with van der Waals surface area (Å²) < 4.78 is 5.26. The van der Waals surface area contributed by atoms with Crippen molar-refractivity contribution in [2.45, 2.75) is 19.9 Å². The smallest absolute Gasteiger partial charge is 0.191 e. The minimum Gasteiger partial charge on any atom is -0.467 e. The number of hydrogen-bond donors (Lipinski definition) is 2. The predicted molar refractivity (Wildman–Crippen MR) is 94.9 cm³/mol. The Balaban J connectivity index is 0.00000220. The monoisotopic (exact) mass is 400 g/mol. The van der Waals surface area contributed by atoms with Crippen molar-refractivity contribution in [2.75, 3.05) is 13.1 Å². The van der Waals surface area contributed by atoms with Crippen LogP contribution < -0.4 is 10.6 Å². The summed E-state index contributed by atoms with van der Waals surface area (Å²) in [5, 5.41) is 6.50. The van der Waals surface area contributed by atoms with Gasteiger partial charge in [0.2, 0.25) is 0 Å². The van der Waals surface area contributed by atoms with Crippen molar-refractivity contribution in [2.24, 2.45) is 4.99 Å². The highest BCUT2D eigenvalue weighted by atomic mass is 127. The van der Waals surface area contributed by atoms with Crippen LogP contribution in [-0.2, 0) is 13.0 Å². The van der Waals surface area contributed by atoms with Crippen molar-refractivity contribution in [3.05, 3.63) is 54.2 Å². The molecule has 21 heavy (non-hydrogen) atoms. The Kier molecular flexibility index (Phi) is 8.49. The van der Waals surface area contributed by atoms with Crippen LogP contribution in [0.25, 0.3) is 0 Å². The Morgan fingerprint density at radius 3 is 2.81 bits per heavy atom. The zero-order valence-electron chi connectivity index (χ0n) is 12.1. The van der Waals surface area contributed by atoms with E-state index in [1.807, 2.05) is 43.5 Å². The van der Waals surface area contributed by atoms with E-state index in [0.29, 0.717) is 6.54 Å². The maximum absolute atomic E-state index is 5.26. The molecule has 0 atom stereocenters. The zero-order chi connectivity index (χ0) is 14.0. The molecule has 0 bridgehead atoms. The number of guanidine groups is 1. The number of aromatic nitrogens is 1. The van der Waals surface area contributed by atoms with Crippen LogP contribution in [0.4, 0.5) is 0 Å². The third kappa shape index (κ3) is 6.61. The first-order chi connectivity index (χ1) is 9.88. The van der Waals surface area contributed by atoms with E-state index >= 15 is 0 Å². The molecule has 2 aromatic heterocycles. The molecule has 0 amide bonds. The minimum absolute atomic E-state index is 0. The van der Waals surface area contributed by atoms with E-state index in [2.05, 4.69) is 20.6 Å².